The number of hydrogen-bond donors (Lipinski definition) is 1. The molecule has 2 atom stereocenters. The monoisotopic (exact) mass is 453 g/mol. The molecular weight excluding hydrogens is 426 g/mol. The number of nitrogens with zero attached hydrogens (tertiary/aromatic N) is 6. The number of likely N-dealkylation sites (tertiary alicyclic amines) is 2. The van der Waals surface area contributed by atoms with Crippen LogP contribution < -0.4 is 5.56 Å². The minimum atomic E-state index is -0.559. The Bertz CT molecular complexity index is 1300. The van der Waals surface area contributed by atoms with Gasteiger partial charge in [-0.25, -0.2) is 14.0 Å². The molecule has 3 aromatic rings. The molecule has 2 aliphatic rings. The second-order valence-electron chi connectivity index (χ2n) is 9.67. The summed E-state index contributed by atoms with van der Waals surface area (Å²) in [6.45, 7) is 9.04. The molecular formula is C22H27N7O4. The smallest absolute Gasteiger partial charge is 0.410 e. The number of nitrogens with one attached hydrogen (secondary N) is 1. The summed E-state index contributed by atoms with van der Waals surface area (Å²) in [6.07, 6.45) is 3.67. The largest absolute Gasteiger partial charge is 0.444 e. The quantitative estimate of drug-likeness (QED) is 0.630. The van der Waals surface area contributed by atoms with Crippen molar-refractivity contribution in [2.75, 3.05) is 19.6 Å². The number of aromatic nitrogens is 5. The third kappa shape index (κ3) is 3.66. The zero-order chi connectivity index (χ0) is 23.5. The maximum Gasteiger partial charge on any atom is 0.410 e. The van der Waals surface area contributed by atoms with Gasteiger partial charge in [0.1, 0.15) is 11.1 Å². The van der Waals surface area contributed by atoms with Crippen LogP contribution in [-0.4, -0.2) is 77.5 Å². The summed E-state index contributed by atoms with van der Waals surface area (Å²) in [7, 11) is 0. The van der Waals surface area contributed by atoms with E-state index in [9.17, 15) is 14.4 Å². The number of hydrogen-bond acceptors (Lipinski definition) is 6. The first-order valence-electron chi connectivity index (χ1n) is 11.0. The average Bonchev–Trinajstić information content (AvgIpc) is 3.33. The highest BCUT2D eigenvalue weighted by atomic mass is 16.6. The maximum absolute atomic E-state index is 13.3. The number of H-pyrrole nitrogens is 1. The summed E-state index contributed by atoms with van der Waals surface area (Å²) in [5.74, 6) is 0.458. The van der Waals surface area contributed by atoms with Crippen molar-refractivity contribution in [2.45, 2.75) is 45.8 Å². The molecule has 5 rings (SSSR count). The lowest BCUT2D eigenvalue weighted by Crippen LogP contribution is -2.66. The van der Waals surface area contributed by atoms with Crippen LogP contribution in [0.5, 0.6) is 0 Å². The SMILES string of the molecule is Cc1c(C(=O)N2CC[C@H]3CN(C(=O)OC(C)(C)C)[C@H]3C2)cnn1-c1nn2cccc2c(=O)[nH]1. The van der Waals surface area contributed by atoms with Crippen LogP contribution in [0.3, 0.4) is 0 Å². The van der Waals surface area contributed by atoms with E-state index < -0.39 is 5.60 Å². The van der Waals surface area contributed by atoms with Gasteiger partial charge in [-0.1, -0.05) is 0 Å². The van der Waals surface area contributed by atoms with Crippen molar-refractivity contribution < 1.29 is 14.3 Å². The molecule has 3 aromatic heterocycles. The van der Waals surface area contributed by atoms with E-state index in [4.69, 9.17) is 4.74 Å². The third-order valence-corrected chi connectivity index (χ3v) is 6.30. The molecule has 0 saturated carbocycles. The molecule has 1 N–H and O–H groups in total. The highest BCUT2D eigenvalue weighted by molar-refractivity contribution is 5.95. The lowest BCUT2D eigenvalue weighted by Gasteiger charge is -2.52. The minimum Gasteiger partial charge on any atom is -0.444 e. The van der Waals surface area contributed by atoms with Crippen molar-refractivity contribution in [2.24, 2.45) is 5.92 Å². The van der Waals surface area contributed by atoms with Crippen molar-refractivity contribution in [1.82, 2.24) is 34.2 Å². The Morgan fingerprint density at radius 1 is 1.24 bits per heavy atom. The van der Waals surface area contributed by atoms with Crippen LogP contribution in [0.4, 0.5) is 4.79 Å². The Labute approximate surface area is 189 Å². The lowest BCUT2D eigenvalue weighted by atomic mass is 9.82. The van der Waals surface area contributed by atoms with Gasteiger partial charge < -0.3 is 14.5 Å². The zero-order valence-corrected chi connectivity index (χ0v) is 19.1. The molecule has 0 bridgehead atoms. The molecule has 33 heavy (non-hydrogen) atoms. The van der Waals surface area contributed by atoms with Crippen LogP contribution in [0.2, 0.25) is 0 Å². The molecule has 0 radical (unpaired) electrons. The fraction of sp³-hybridized carbons (Fsp3) is 0.500. The second kappa shape index (κ2) is 7.46. The number of piperidine rings is 1. The van der Waals surface area contributed by atoms with Gasteiger partial charge in [0.15, 0.2) is 0 Å². The number of carbonyl (C=O) groups excluding carboxylic acids is 2. The summed E-state index contributed by atoms with van der Waals surface area (Å²) in [5.41, 5.74) is 0.595. The van der Waals surface area contributed by atoms with E-state index in [2.05, 4.69) is 15.2 Å². The van der Waals surface area contributed by atoms with E-state index in [1.54, 1.807) is 35.1 Å². The van der Waals surface area contributed by atoms with E-state index in [0.29, 0.717) is 42.3 Å². The highest BCUT2D eigenvalue weighted by Gasteiger charge is 2.47. The first-order chi connectivity index (χ1) is 15.6. The van der Waals surface area contributed by atoms with Crippen LogP contribution in [0, 0.1) is 12.8 Å². The fourth-order valence-electron chi connectivity index (χ4n) is 4.54. The van der Waals surface area contributed by atoms with Gasteiger partial charge in [0.25, 0.3) is 11.5 Å². The molecule has 5 heterocycles. The van der Waals surface area contributed by atoms with Gasteiger partial charge in [0.2, 0.25) is 5.95 Å². The minimum absolute atomic E-state index is 0.0397. The number of carbonyl (C=O) groups is 2. The van der Waals surface area contributed by atoms with Crippen molar-refractivity contribution in [3.8, 4) is 5.95 Å². The van der Waals surface area contributed by atoms with Crippen molar-refractivity contribution in [1.29, 1.82) is 0 Å². The topological polar surface area (TPSA) is 118 Å². The van der Waals surface area contributed by atoms with E-state index in [0.717, 1.165) is 6.42 Å². The first kappa shape index (κ1) is 21.2. The van der Waals surface area contributed by atoms with E-state index in [1.165, 1.54) is 15.4 Å². The maximum atomic E-state index is 13.3. The zero-order valence-electron chi connectivity index (χ0n) is 19.1. The van der Waals surface area contributed by atoms with Crippen LogP contribution in [0.15, 0.2) is 29.3 Å². The second-order valence-corrected chi connectivity index (χ2v) is 9.67. The Kier molecular flexibility index (Phi) is 4.80. The third-order valence-electron chi connectivity index (χ3n) is 6.30. The summed E-state index contributed by atoms with van der Waals surface area (Å²) in [5, 5.41) is 8.68. The van der Waals surface area contributed by atoms with Crippen molar-refractivity contribution in [3.05, 3.63) is 46.1 Å². The molecule has 0 spiro atoms. The predicted molar refractivity (Wildman–Crippen MR) is 118 cm³/mol. The van der Waals surface area contributed by atoms with Gasteiger partial charge in [-0.3, -0.25) is 14.6 Å². The number of amides is 2. The molecule has 2 saturated heterocycles. The fourth-order valence-corrected chi connectivity index (χ4v) is 4.54. The molecule has 2 amide bonds. The highest BCUT2D eigenvalue weighted by Crippen LogP contribution is 2.34. The molecule has 2 fully saturated rings. The summed E-state index contributed by atoms with van der Waals surface area (Å²) in [6, 6.07) is 3.37. The number of rotatable bonds is 2. The Morgan fingerprint density at radius 3 is 2.79 bits per heavy atom. The molecule has 11 heteroatoms. The van der Waals surface area contributed by atoms with Crippen molar-refractivity contribution >= 4 is 17.5 Å². The number of ether oxygens (including phenoxy) is 1. The lowest BCUT2D eigenvalue weighted by molar-refractivity contribution is -0.0545. The predicted octanol–water partition coefficient (Wildman–Crippen LogP) is 1.60. The first-order valence-corrected chi connectivity index (χ1v) is 11.0. The van der Waals surface area contributed by atoms with Gasteiger partial charge in [0, 0.05) is 31.7 Å². The van der Waals surface area contributed by atoms with Gasteiger partial charge in [-0.2, -0.15) is 5.10 Å². The Morgan fingerprint density at radius 2 is 2.03 bits per heavy atom. The summed E-state index contributed by atoms with van der Waals surface area (Å²) >= 11 is 0. The molecule has 2 aliphatic heterocycles. The van der Waals surface area contributed by atoms with Gasteiger partial charge in [0.05, 0.1) is 23.5 Å². The van der Waals surface area contributed by atoms with Gasteiger partial charge >= 0.3 is 6.09 Å². The number of fused-ring (bicyclic) bond motifs is 2. The van der Waals surface area contributed by atoms with Crippen molar-refractivity contribution in [3.63, 3.8) is 0 Å². The van der Waals surface area contributed by atoms with E-state index in [1.807, 2.05) is 20.8 Å². The molecule has 11 nitrogen and oxygen atoms in total. The normalized spacial score (nSPS) is 20.5. The van der Waals surface area contributed by atoms with Crippen LogP contribution in [0.25, 0.3) is 11.5 Å². The molecule has 0 unspecified atom stereocenters. The van der Waals surface area contributed by atoms with Crippen LogP contribution in [-0.2, 0) is 4.74 Å². The summed E-state index contributed by atoms with van der Waals surface area (Å²) < 4.78 is 8.44. The number of aromatic amines is 1. The van der Waals surface area contributed by atoms with E-state index >= 15 is 0 Å². The van der Waals surface area contributed by atoms with Gasteiger partial charge in [-0.05, 0) is 46.2 Å². The van der Waals surface area contributed by atoms with E-state index in [-0.39, 0.29) is 29.5 Å². The van der Waals surface area contributed by atoms with Crippen LogP contribution >= 0.6 is 0 Å². The average molecular weight is 454 g/mol. The summed E-state index contributed by atoms with van der Waals surface area (Å²) in [4.78, 5) is 44.3. The Hall–Kier alpha value is -3.63. The molecule has 174 valence electrons. The molecule has 0 aliphatic carbocycles. The molecule has 0 aromatic carbocycles. The van der Waals surface area contributed by atoms with Gasteiger partial charge in [-0.15, -0.1) is 5.10 Å². The Balaban J connectivity index is 1.34. The standard InChI is InChI=1S/C22H27N7O4/c1-13-15(10-23-29(13)20-24-18(30)16-6-5-8-28(16)25-20)19(31)26-9-7-14-11-27(17(14)12-26)21(32)33-22(2,3)4/h5-6,8,10,14,17H,7,9,11-12H2,1-4H3,(H,24,25,30)/t14-,17-/m0/s1. The van der Waals surface area contributed by atoms with Crippen LogP contribution in [0.1, 0.15) is 43.2 Å².